The van der Waals surface area contributed by atoms with Gasteiger partial charge in [-0.1, -0.05) is 0 Å². The topological polar surface area (TPSA) is 61.6 Å². The minimum atomic E-state index is -0.786. The number of hydrogen-bond donors (Lipinski definition) is 1. The molecule has 4 heteroatoms. The first-order valence-electron chi connectivity index (χ1n) is 4.49. The van der Waals surface area contributed by atoms with Crippen molar-refractivity contribution in [3.63, 3.8) is 0 Å². The number of carbonyl (C=O) groups is 1. The Morgan fingerprint density at radius 3 is 1.92 bits per heavy atom. The fourth-order valence-corrected chi connectivity index (χ4v) is 0.884. The van der Waals surface area contributed by atoms with Gasteiger partial charge in [-0.05, 0) is 27.7 Å². The molecule has 0 aromatic heterocycles. The van der Waals surface area contributed by atoms with Gasteiger partial charge in [0, 0.05) is 13.2 Å². The molecule has 4 nitrogen and oxygen atoms in total. The van der Waals surface area contributed by atoms with Gasteiger partial charge in [0.25, 0.3) is 0 Å². The molecule has 0 bridgehead atoms. The van der Waals surface area contributed by atoms with Crippen LogP contribution in [0.5, 0.6) is 0 Å². The Kier molecular flexibility index (Phi) is 4.95. The molecule has 0 aromatic carbocycles. The SMILES string of the molecule is CCOC(OCC)C(C)(C)C(N)=O. The second-order valence-corrected chi connectivity index (χ2v) is 3.33. The van der Waals surface area contributed by atoms with Gasteiger partial charge in [0.1, 0.15) is 0 Å². The van der Waals surface area contributed by atoms with Gasteiger partial charge < -0.3 is 15.2 Å². The minimum absolute atomic E-state index is 0.417. The number of ether oxygens (including phenoxy) is 2. The van der Waals surface area contributed by atoms with E-state index in [1.807, 2.05) is 13.8 Å². The summed E-state index contributed by atoms with van der Waals surface area (Å²) in [6.07, 6.45) is -0.556. The molecule has 0 heterocycles. The number of primary amides is 1. The molecular formula is C9H19NO3. The lowest BCUT2D eigenvalue weighted by Gasteiger charge is -2.30. The van der Waals surface area contributed by atoms with Crippen LogP contribution in [-0.4, -0.2) is 25.4 Å². The second-order valence-electron chi connectivity index (χ2n) is 3.33. The molecule has 0 rings (SSSR count). The van der Waals surface area contributed by atoms with E-state index in [2.05, 4.69) is 0 Å². The van der Waals surface area contributed by atoms with Gasteiger partial charge in [-0.2, -0.15) is 0 Å². The molecule has 0 saturated heterocycles. The molecule has 0 aliphatic carbocycles. The third-order valence-electron chi connectivity index (χ3n) is 1.86. The lowest BCUT2D eigenvalue weighted by molar-refractivity contribution is -0.196. The average molecular weight is 189 g/mol. The van der Waals surface area contributed by atoms with Crippen LogP contribution in [-0.2, 0) is 14.3 Å². The maximum absolute atomic E-state index is 11.1. The largest absolute Gasteiger partial charge is 0.369 e. The van der Waals surface area contributed by atoms with Crippen LogP contribution in [0.3, 0.4) is 0 Å². The third kappa shape index (κ3) is 3.32. The van der Waals surface area contributed by atoms with Gasteiger partial charge in [-0.3, -0.25) is 4.79 Å². The van der Waals surface area contributed by atoms with Gasteiger partial charge in [0.15, 0.2) is 6.29 Å². The monoisotopic (exact) mass is 189 g/mol. The van der Waals surface area contributed by atoms with Crippen molar-refractivity contribution in [3.05, 3.63) is 0 Å². The van der Waals surface area contributed by atoms with E-state index >= 15 is 0 Å². The Labute approximate surface area is 79.4 Å². The maximum atomic E-state index is 11.1. The summed E-state index contributed by atoms with van der Waals surface area (Å²) in [6, 6.07) is 0. The molecule has 0 aromatic rings. The summed E-state index contributed by atoms with van der Waals surface area (Å²) in [5.74, 6) is -0.417. The number of carbonyl (C=O) groups excluding carboxylic acids is 1. The summed E-state index contributed by atoms with van der Waals surface area (Å²) in [4.78, 5) is 11.1. The first-order chi connectivity index (χ1) is 5.96. The molecular weight excluding hydrogens is 170 g/mol. The van der Waals surface area contributed by atoms with E-state index in [1.54, 1.807) is 13.8 Å². The van der Waals surface area contributed by atoms with E-state index < -0.39 is 17.6 Å². The van der Waals surface area contributed by atoms with E-state index in [1.165, 1.54) is 0 Å². The van der Waals surface area contributed by atoms with E-state index in [0.29, 0.717) is 13.2 Å². The van der Waals surface area contributed by atoms with E-state index in [-0.39, 0.29) is 0 Å². The molecule has 0 spiro atoms. The van der Waals surface area contributed by atoms with Crippen LogP contribution >= 0.6 is 0 Å². The molecule has 0 atom stereocenters. The smallest absolute Gasteiger partial charge is 0.228 e. The van der Waals surface area contributed by atoms with Gasteiger partial charge in [-0.15, -0.1) is 0 Å². The number of rotatable bonds is 6. The zero-order chi connectivity index (χ0) is 10.5. The summed E-state index contributed by atoms with van der Waals surface area (Å²) < 4.78 is 10.6. The van der Waals surface area contributed by atoms with Crippen LogP contribution in [0.4, 0.5) is 0 Å². The van der Waals surface area contributed by atoms with Crippen LogP contribution in [0.1, 0.15) is 27.7 Å². The summed E-state index contributed by atoms with van der Waals surface area (Å²) in [5.41, 5.74) is 4.45. The zero-order valence-electron chi connectivity index (χ0n) is 8.79. The summed E-state index contributed by atoms with van der Waals surface area (Å²) in [6.45, 7) is 8.13. The van der Waals surface area contributed by atoms with Crippen LogP contribution in [0, 0.1) is 5.41 Å². The summed E-state index contributed by atoms with van der Waals surface area (Å²) in [5, 5.41) is 0. The molecule has 0 aliphatic rings. The fourth-order valence-electron chi connectivity index (χ4n) is 0.884. The quantitative estimate of drug-likeness (QED) is 0.631. The Morgan fingerprint density at radius 2 is 1.69 bits per heavy atom. The third-order valence-corrected chi connectivity index (χ3v) is 1.86. The summed E-state index contributed by atoms with van der Waals surface area (Å²) in [7, 11) is 0. The van der Waals surface area contributed by atoms with Gasteiger partial charge in [0.2, 0.25) is 5.91 Å². The highest BCUT2D eigenvalue weighted by molar-refractivity contribution is 5.80. The second kappa shape index (κ2) is 5.19. The number of nitrogens with two attached hydrogens (primary N) is 1. The molecule has 13 heavy (non-hydrogen) atoms. The fraction of sp³-hybridized carbons (Fsp3) is 0.889. The highest BCUT2D eigenvalue weighted by atomic mass is 16.7. The van der Waals surface area contributed by atoms with Crippen molar-refractivity contribution < 1.29 is 14.3 Å². The lowest BCUT2D eigenvalue weighted by atomic mass is 9.92. The predicted molar refractivity (Wildman–Crippen MR) is 50.0 cm³/mol. The summed E-state index contributed by atoms with van der Waals surface area (Å²) >= 11 is 0. The molecule has 0 unspecified atom stereocenters. The average Bonchev–Trinajstić information content (AvgIpc) is 2.03. The molecule has 0 fully saturated rings. The lowest BCUT2D eigenvalue weighted by Crippen LogP contribution is -2.44. The number of hydrogen-bond acceptors (Lipinski definition) is 3. The van der Waals surface area contributed by atoms with Crippen LogP contribution < -0.4 is 5.73 Å². The Bertz CT molecular complexity index is 162. The van der Waals surface area contributed by atoms with Crippen LogP contribution in [0.2, 0.25) is 0 Å². The van der Waals surface area contributed by atoms with Crippen LogP contribution in [0.15, 0.2) is 0 Å². The van der Waals surface area contributed by atoms with Crippen molar-refractivity contribution in [2.75, 3.05) is 13.2 Å². The van der Waals surface area contributed by atoms with Crippen molar-refractivity contribution >= 4 is 5.91 Å². The minimum Gasteiger partial charge on any atom is -0.369 e. The van der Waals surface area contributed by atoms with E-state index in [4.69, 9.17) is 15.2 Å². The maximum Gasteiger partial charge on any atom is 0.228 e. The van der Waals surface area contributed by atoms with Gasteiger partial charge >= 0.3 is 0 Å². The first-order valence-corrected chi connectivity index (χ1v) is 4.49. The molecule has 0 radical (unpaired) electrons. The Morgan fingerprint density at radius 1 is 1.31 bits per heavy atom. The number of amides is 1. The Balaban J connectivity index is 4.41. The van der Waals surface area contributed by atoms with E-state index in [0.717, 1.165) is 0 Å². The highest BCUT2D eigenvalue weighted by Crippen LogP contribution is 2.23. The van der Waals surface area contributed by atoms with Gasteiger partial charge in [0.05, 0.1) is 5.41 Å². The van der Waals surface area contributed by atoms with Gasteiger partial charge in [-0.25, -0.2) is 0 Å². The van der Waals surface area contributed by atoms with Crippen molar-refractivity contribution in [2.45, 2.75) is 34.0 Å². The predicted octanol–water partition coefficient (Wildman–Crippen LogP) is 0.897. The first kappa shape index (κ1) is 12.4. The van der Waals surface area contributed by atoms with E-state index in [9.17, 15) is 4.79 Å². The molecule has 2 N–H and O–H groups in total. The molecule has 78 valence electrons. The molecule has 0 saturated carbocycles. The molecule has 0 aliphatic heterocycles. The Hall–Kier alpha value is -0.610. The standard InChI is InChI=1S/C9H19NO3/c1-5-12-8(13-6-2)9(3,4)7(10)11/h8H,5-6H2,1-4H3,(H2,10,11). The highest BCUT2D eigenvalue weighted by Gasteiger charge is 2.36. The van der Waals surface area contributed by atoms with Crippen molar-refractivity contribution in [3.8, 4) is 0 Å². The van der Waals surface area contributed by atoms with Crippen molar-refractivity contribution in [1.29, 1.82) is 0 Å². The zero-order valence-corrected chi connectivity index (χ0v) is 8.79. The van der Waals surface area contributed by atoms with Crippen molar-refractivity contribution in [2.24, 2.45) is 11.1 Å². The van der Waals surface area contributed by atoms with Crippen LogP contribution in [0.25, 0.3) is 0 Å². The normalized spacial score (nSPS) is 12.1. The molecule has 1 amide bonds. The van der Waals surface area contributed by atoms with Crippen molar-refractivity contribution in [1.82, 2.24) is 0 Å².